The van der Waals surface area contributed by atoms with Crippen molar-refractivity contribution < 1.29 is 4.74 Å². The Balaban J connectivity index is 1.56. The van der Waals surface area contributed by atoms with Crippen LogP contribution in [0.5, 0.6) is 0 Å². The lowest BCUT2D eigenvalue weighted by atomic mass is 10.2. The Bertz CT molecular complexity index is 927. The quantitative estimate of drug-likeness (QED) is 0.698. The van der Waals surface area contributed by atoms with Crippen molar-refractivity contribution in [3.8, 4) is 5.69 Å². The summed E-state index contributed by atoms with van der Waals surface area (Å²) in [5, 5.41) is 15.9. The van der Waals surface area contributed by atoms with E-state index in [9.17, 15) is 0 Å². The predicted octanol–water partition coefficient (Wildman–Crippen LogP) is 2.81. The van der Waals surface area contributed by atoms with Gasteiger partial charge in [0.05, 0.1) is 28.9 Å². The zero-order valence-electron chi connectivity index (χ0n) is 14.3. The van der Waals surface area contributed by atoms with E-state index in [0.29, 0.717) is 41.4 Å². The molecule has 0 amide bonds. The van der Waals surface area contributed by atoms with Gasteiger partial charge in [-0.2, -0.15) is 4.68 Å². The molecular weight excluding hydrogens is 389 g/mol. The van der Waals surface area contributed by atoms with Crippen LogP contribution in [0.4, 0.5) is 11.8 Å². The number of hydrogen-bond acceptors (Lipinski definition) is 7. The molecule has 140 valence electrons. The molecule has 1 fully saturated rings. The van der Waals surface area contributed by atoms with Crippen LogP contribution >= 0.6 is 23.2 Å². The summed E-state index contributed by atoms with van der Waals surface area (Å²) in [7, 11) is 0. The van der Waals surface area contributed by atoms with E-state index in [4.69, 9.17) is 27.9 Å². The van der Waals surface area contributed by atoms with Crippen LogP contribution in [0.2, 0.25) is 10.0 Å². The third-order valence-electron chi connectivity index (χ3n) is 4.24. The first-order chi connectivity index (χ1) is 13.2. The second-order valence-electron chi connectivity index (χ2n) is 5.93. The van der Waals surface area contributed by atoms with Crippen molar-refractivity contribution in [1.82, 2.24) is 25.2 Å². The number of ether oxygens (including phenoxy) is 1. The number of halogens is 2. The monoisotopic (exact) mass is 405 g/mol. The molecule has 1 saturated heterocycles. The molecule has 8 nitrogen and oxygen atoms in total. The SMILES string of the molecule is Clc1cccc(-n2nnnc2NCc2cccnc2N2CCOCC2)c1Cl. The standard InChI is InChI=1S/C17H17Cl2N7O/c18-13-4-1-5-14(15(13)19)26-17(22-23-24-26)21-11-12-3-2-6-20-16(12)25-7-9-27-10-8-25/h1-6H,7-11H2,(H,21,22,24). The molecule has 1 N–H and O–H groups in total. The number of nitrogens with one attached hydrogen (secondary N) is 1. The number of benzene rings is 1. The number of aromatic nitrogens is 5. The van der Waals surface area contributed by atoms with Gasteiger partial charge in [0.15, 0.2) is 0 Å². The van der Waals surface area contributed by atoms with Gasteiger partial charge in [0, 0.05) is 31.4 Å². The maximum absolute atomic E-state index is 6.30. The Morgan fingerprint density at radius 2 is 1.96 bits per heavy atom. The van der Waals surface area contributed by atoms with Crippen LogP contribution in [-0.4, -0.2) is 51.5 Å². The minimum absolute atomic E-state index is 0.393. The van der Waals surface area contributed by atoms with Gasteiger partial charge in [0.2, 0.25) is 5.95 Å². The molecule has 27 heavy (non-hydrogen) atoms. The van der Waals surface area contributed by atoms with Gasteiger partial charge >= 0.3 is 0 Å². The number of tetrazole rings is 1. The van der Waals surface area contributed by atoms with E-state index in [0.717, 1.165) is 24.5 Å². The number of rotatable bonds is 5. The van der Waals surface area contributed by atoms with Crippen LogP contribution in [-0.2, 0) is 11.3 Å². The van der Waals surface area contributed by atoms with Crippen molar-refractivity contribution in [1.29, 1.82) is 0 Å². The summed E-state index contributed by atoms with van der Waals surface area (Å²) in [4.78, 5) is 6.76. The molecule has 0 spiro atoms. The van der Waals surface area contributed by atoms with Crippen LogP contribution in [0.3, 0.4) is 0 Å². The van der Waals surface area contributed by atoms with Gasteiger partial charge in [0.25, 0.3) is 0 Å². The number of nitrogens with zero attached hydrogens (tertiary/aromatic N) is 6. The number of morpholine rings is 1. The molecular formula is C17H17Cl2N7O. The van der Waals surface area contributed by atoms with Crippen LogP contribution in [0.15, 0.2) is 36.5 Å². The fourth-order valence-corrected chi connectivity index (χ4v) is 3.29. The van der Waals surface area contributed by atoms with E-state index < -0.39 is 0 Å². The first-order valence-corrected chi connectivity index (χ1v) is 9.23. The molecule has 1 aromatic carbocycles. The molecule has 10 heteroatoms. The van der Waals surface area contributed by atoms with Gasteiger partial charge in [-0.15, -0.1) is 0 Å². The lowest BCUT2D eigenvalue weighted by Gasteiger charge is -2.29. The molecule has 0 aliphatic carbocycles. The van der Waals surface area contributed by atoms with E-state index in [-0.39, 0.29) is 0 Å². The Hall–Kier alpha value is -2.42. The van der Waals surface area contributed by atoms with Gasteiger partial charge in [-0.3, -0.25) is 0 Å². The maximum atomic E-state index is 6.30. The molecule has 0 unspecified atom stereocenters. The third-order valence-corrected chi connectivity index (χ3v) is 5.05. The average molecular weight is 406 g/mol. The Labute approximate surface area is 166 Å². The summed E-state index contributed by atoms with van der Waals surface area (Å²) in [6.45, 7) is 3.56. The largest absolute Gasteiger partial charge is 0.378 e. The highest BCUT2D eigenvalue weighted by Gasteiger charge is 2.17. The van der Waals surface area contributed by atoms with E-state index in [2.05, 4.69) is 30.7 Å². The molecule has 3 heterocycles. The Morgan fingerprint density at radius 1 is 1.11 bits per heavy atom. The van der Waals surface area contributed by atoms with Gasteiger partial charge in [-0.05, 0) is 28.6 Å². The maximum Gasteiger partial charge on any atom is 0.248 e. The minimum Gasteiger partial charge on any atom is -0.378 e. The molecule has 0 bridgehead atoms. The Morgan fingerprint density at radius 3 is 2.81 bits per heavy atom. The molecule has 0 saturated carbocycles. The smallest absolute Gasteiger partial charge is 0.248 e. The third kappa shape index (κ3) is 3.83. The van der Waals surface area contributed by atoms with Crippen molar-refractivity contribution in [3.05, 3.63) is 52.1 Å². The highest BCUT2D eigenvalue weighted by molar-refractivity contribution is 6.43. The first-order valence-electron chi connectivity index (χ1n) is 8.47. The number of pyridine rings is 1. The summed E-state index contributed by atoms with van der Waals surface area (Å²) < 4.78 is 6.95. The summed E-state index contributed by atoms with van der Waals surface area (Å²) in [5.74, 6) is 1.41. The fourth-order valence-electron chi connectivity index (χ4n) is 2.92. The number of anilines is 2. The van der Waals surface area contributed by atoms with Gasteiger partial charge < -0.3 is 15.0 Å². The minimum atomic E-state index is 0.393. The summed E-state index contributed by atoms with van der Waals surface area (Å²) in [5.41, 5.74) is 1.65. The highest BCUT2D eigenvalue weighted by Crippen LogP contribution is 2.29. The highest BCUT2D eigenvalue weighted by atomic mass is 35.5. The van der Waals surface area contributed by atoms with Crippen LogP contribution in [0.1, 0.15) is 5.56 Å². The second kappa shape index (κ2) is 8.08. The van der Waals surface area contributed by atoms with Crippen LogP contribution in [0, 0.1) is 0 Å². The van der Waals surface area contributed by atoms with Crippen molar-refractivity contribution in [2.24, 2.45) is 0 Å². The normalized spacial score (nSPS) is 14.4. The molecule has 2 aromatic heterocycles. The van der Waals surface area contributed by atoms with E-state index >= 15 is 0 Å². The van der Waals surface area contributed by atoms with E-state index in [1.54, 1.807) is 24.4 Å². The van der Waals surface area contributed by atoms with Gasteiger partial charge in [0.1, 0.15) is 5.82 Å². The van der Waals surface area contributed by atoms with Gasteiger partial charge in [-0.1, -0.05) is 40.4 Å². The van der Waals surface area contributed by atoms with Crippen LogP contribution in [0.25, 0.3) is 5.69 Å². The van der Waals surface area contributed by atoms with E-state index in [1.807, 2.05) is 12.1 Å². The fraction of sp³-hybridized carbons (Fsp3) is 0.294. The van der Waals surface area contributed by atoms with Gasteiger partial charge in [-0.25, -0.2) is 4.98 Å². The molecule has 0 radical (unpaired) electrons. The first kappa shape index (κ1) is 18.0. The zero-order valence-corrected chi connectivity index (χ0v) is 15.9. The summed E-state index contributed by atoms with van der Waals surface area (Å²) in [6, 6.07) is 9.27. The molecule has 1 aliphatic rings. The van der Waals surface area contributed by atoms with Crippen molar-refractivity contribution in [3.63, 3.8) is 0 Å². The lowest BCUT2D eigenvalue weighted by Crippen LogP contribution is -2.37. The summed E-state index contributed by atoms with van der Waals surface area (Å²) in [6.07, 6.45) is 1.80. The van der Waals surface area contributed by atoms with E-state index in [1.165, 1.54) is 4.68 Å². The second-order valence-corrected chi connectivity index (χ2v) is 6.71. The Kier molecular flexibility index (Phi) is 5.38. The molecule has 0 atom stereocenters. The van der Waals surface area contributed by atoms with Crippen molar-refractivity contribution >= 4 is 35.0 Å². The molecule has 3 aromatic rings. The number of hydrogen-bond donors (Lipinski definition) is 1. The predicted molar refractivity (Wildman–Crippen MR) is 104 cm³/mol. The topological polar surface area (TPSA) is 81.0 Å². The van der Waals surface area contributed by atoms with Crippen molar-refractivity contribution in [2.45, 2.75) is 6.54 Å². The average Bonchev–Trinajstić information content (AvgIpc) is 3.18. The molecule has 4 rings (SSSR count). The van der Waals surface area contributed by atoms with Crippen molar-refractivity contribution in [2.75, 3.05) is 36.5 Å². The summed E-state index contributed by atoms with van der Waals surface area (Å²) >= 11 is 12.4. The molecule has 1 aliphatic heterocycles. The lowest BCUT2D eigenvalue weighted by molar-refractivity contribution is 0.122. The zero-order chi connectivity index (χ0) is 18.6. The van der Waals surface area contributed by atoms with Crippen LogP contribution < -0.4 is 10.2 Å².